The maximum atomic E-state index is 13.7. The van der Waals surface area contributed by atoms with Gasteiger partial charge in [0.25, 0.3) is 0 Å². The highest BCUT2D eigenvalue weighted by atomic mass is 35.5. The first-order chi connectivity index (χ1) is 16.9. The van der Waals surface area contributed by atoms with Gasteiger partial charge in [-0.1, -0.05) is 28.9 Å². The van der Waals surface area contributed by atoms with Crippen molar-refractivity contribution in [3.05, 3.63) is 76.5 Å². The van der Waals surface area contributed by atoms with Gasteiger partial charge in [0.2, 0.25) is 0 Å². The molecule has 0 unspecified atom stereocenters. The number of hydrogen-bond acceptors (Lipinski definition) is 6. The van der Waals surface area contributed by atoms with Crippen molar-refractivity contribution in [2.75, 3.05) is 10.6 Å². The maximum Gasteiger partial charge on any atom is 0.123 e. The minimum absolute atomic E-state index is 0.301. The van der Waals surface area contributed by atoms with Gasteiger partial charge in [-0.2, -0.15) is 5.26 Å². The van der Waals surface area contributed by atoms with Crippen molar-refractivity contribution >= 4 is 33.9 Å². The molecule has 6 rings (SSSR count). The zero-order valence-corrected chi connectivity index (χ0v) is 18.8. The SMILES string of the molecule is [2H][C@](Nc1cc(Cl)c2ncc(C#N)c(NC3CC3)c2c1)(c1ccc(F)cc1)c1cn(C2CC2)nn1. The van der Waals surface area contributed by atoms with E-state index in [0.717, 1.165) is 25.7 Å². The molecule has 9 heteroatoms. The number of hydrogen-bond donors (Lipinski definition) is 2. The third-order valence-corrected chi connectivity index (χ3v) is 6.35. The van der Waals surface area contributed by atoms with E-state index in [-0.39, 0.29) is 0 Å². The van der Waals surface area contributed by atoms with E-state index < -0.39 is 11.8 Å². The lowest BCUT2D eigenvalue weighted by molar-refractivity contribution is 0.610. The molecule has 2 aromatic carbocycles. The molecule has 4 aromatic rings. The van der Waals surface area contributed by atoms with Crippen LogP contribution in [0.5, 0.6) is 0 Å². The number of nitriles is 1. The van der Waals surface area contributed by atoms with Crippen LogP contribution in [0.1, 0.15) is 55.9 Å². The summed E-state index contributed by atoms with van der Waals surface area (Å²) in [4.78, 5) is 4.40. The lowest BCUT2D eigenvalue weighted by Crippen LogP contribution is -2.13. The Hall–Kier alpha value is -3.70. The molecule has 2 fully saturated rings. The van der Waals surface area contributed by atoms with Gasteiger partial charge in [-0.05, 0) is 55.5 Å². The van der Waals surface area contributed by atoms with Crippen LogP contribution in [0.4, 0.5) is 15.8 Å². The molecule has 2 saturated carbocycles. The molecule has 2 aromatic heterocycles. The summed E-state index contributed by atoms with van der Waals surface area (Å²) in [5, 5.41) is 25.9. The van der Waals surface area contributed by atoms with Crippen LogP contribution in [0.2, 0.25) is 5.02 Å². The van der Waals surface area contributed by atoms with Gasteiger partial charge in [0.1, 0.15) is 17.6 Å². The first-order valence-electron chi connectivity index (χ1n) is 11.7. The van der Waals surface area contributed by atoms with E-state index in [1.54, 1.807) is 29.1 Å². The maximum absolute atomic E-state index is 13.7. The van der Waals surface area contributed by atoms with Crippen LogP contribution in [0.15, 0.2) is 48.8 Å². The van der Waals surface area contributed by atoms with Gasteiger partial charge in [0.05, 0.1) is 41.4 Å². The lowest BCUT2D eigenvalue weighted by atomic mass is 10.0. The van der Waals surface area contributed by atoms with E-state index in [9.17, 15) is 11.0 Å². The molecule has 0 radical (unpaired) electrons. The predicted molar refractivity (Wildman–Crippen MR) is 128 cm³/mol. The normalized spacial score (nSPS) is 17.6. The van der Waals surface area contributed by atoms with Gasteiger partial charge in [-0.25, -0.2) is 9.07 Å². The number of aromatic nitrogens is 4. The molecule has 170 valence electrons. The smallest absolute Gasteiger partial charge is 0.123 e. The zero-order chi connectivity index (χ0) is 24.2. The molecular weight excluding hydrogens is 453 g/mol. The van der Waals surface area contributed by atoms with E-state index in [0.29, 0.717) is 56.2 Å². The van der Waals surface area contributed by atoms with Crippen LogP contribution in [-0.2, 0) is 0 Å². The molecule has 0 aliphatic heterocycles. The van der Waals surface area contributed by atoms with Crippen molar-refractivity contribution in [1.29, 1.82) is 5.26 Å². The van der Waals surface area contributed by atoms with E-state index in [1.165, 1.54) is 18.3 Å². The molecule has 34 heavy (non-hydrogen) atoms. The van der Waals surface area contributed by atoms with E-state index in [1.807, 2.05) is 6.07 Å². The summed E-state index contributed by atoms with van der Waals surface area (Å²) >= 11 is 6.62. The fourth-order valence-corrected chi connectivity index (χ4v) is 4.23. The summed E-state index contributed by atoms with van der Waals surface area (Å²) < 4.78 is 24.9. The molecule has 2 aliphatic carbocycles. The molecule has 2 heterocycles. The lowest BCUT2D eigenvalue weighted by Gasteiger charge is -2.20. The highest BCUT2D eigenvalue weighted by Gasteiger charge is 2.27. The average molecular weight is 475 g/mol. The van der Waals surface area contributed by atoms with Gasteiger partial charge >= 0.3 is 0 Å². The summed E-state index contributed by atoms with van der Waals surface area (Å²) in [6.07, 6.45) is 7.43. The van der Waals surface area contributed by atoms with Crippen molar-refractivity contribution in [3.63, 3.8) is 0 Å². The summed E-state index contributed by atoms with van der Waals surface area (Å²) in [5.41, 5.74) is 3.10. The zero-order valence-electron chi connectivity index (χ0n) is 19.1. The number of rotatable bonds is 7. The van der Waals surface area contributed by atoms with Crippen molar-refractivity contribution < 1.29 is 5.76 Å². The third-order valence-electron chi connectivity index (χ3n) is 6.06. The molecular formula is C25H21ClFN7. The molecule has 0 bridgehead atoms. The highest BCUT2D eigenvalue weighted by molar-refractivity contribution is 6.35. The first-order valence-corrected chi connectivity index (χ1v) is 11.6. The Morgan fingerprint density at radius 1 is 1.21 bits per heavy atom. The Balaban J connectivity index is 1.47. The van der Waals surface area contributed by atoms with Crippen LogP contribution in [0.25, 0.3) is 10.9 Å². The van der Waals surface area contributed by atoms with Crippen molar-refractivity contribution in [1.82, 2.24) is 20.0 Å². The number of nitrogens with zero attached hydrogens (tertiary/aromatic N) is 5. The third kappa shape index (κ3) is 4.03. The topological polar surface area (TPSA) is 91.5 Å². The summed E-state index contributed by atoms with van der Waals surface area (Å²) in [7, 11) is 0. The molecule has 0 amide bonds. The summed E-state index contributed by atoms with van der Waals surface area (Å²) in [6.45, 7) is 0. The van der Waals surface area contributed by atoms with E-state index >= 15 is 0 Å². The minimum atomic E-state index is -1.57. The Morgan fingerprint density at radius 2 is 2.00 bits per heavy atom. The number of halogens is 2. The van der Waals surface area contributed by atoms with E-state index in [2.05, 4.69) is 32.0 Å². The number of nitrogens with one attached hydrogen (secondary N) is 2. The van der Waals surface area contributed by atoms with Crippen LogP contribution < -0.4 is 10.6 Å². The molecule has 1 atom stereocenters. The summed E-state index contributed by atoms with van der Waals surface area (Å²) in [5.74, 6) is -0.391. The first kappa shape index (κ1) is 19.7. The standard InChI is InChI=1S/C25H21ClFN7/c26-21-10-18(9-20-23(30-17-5-6-17)15(11-28)12-29-25(20)21)31-24(14-1-3-16(27)4-2-14)22-13-34(33-32-22)19-7-8-19/h1-4,9-10,12-13,17,19,24,31H,5-8H2,(H,29,30)/t24-/m0/s1/i24D. The Kier molecular flexibility index (Phi) is 4.80. The van der Waals surface area contributed by atoms with Crippen molar-refractivity contribution in [2.45, 2.75) is 43.8 Å². The largest absolute Gasteiger partial charge is 0.381 e. The van der Waals surface area contributed by atoms with Gasteiger partial charge in [-0.15, -0.1) is 5.10 Å². The number of benzene rings is 2. The predicted octanol–water partition coefficient (Wildman–Crippen LogP) is 5.60. The van der Waals surface area contributed by atoms with Crippen LogP contribution in [0, 0.1) is 17.1 Å². The Morgan fingerprint density at radius 3 is 2.71 bits per heavy atom. The van der Waals surface area contributed by atoms with Gasteiger partial charge in [-0.3, -0.25) is 4.98 Å². The van der Waals surface area contributed by atoms with E-state index in [4.69, 9.17) is 11.6 Å². The second-order valence-electron chi connectivity index (χ2n) is 8.75. The van der Waals surface area contributed by atoms with Crippen molar-refractivity contribution in [3.8, 4) is 6.07 Å². The van der Waals surface area contributed by atoms with Gasteiger partial charge < -0.3 is 10.6 Å². The molecule has 0 saturated heterocycles. The molecule has 2 aliphatic rings. The number of fused-ring (bicyclic) bond motifs is 1. The van der Waals surface area contributed by atoms with Crippen LogP contribution in [0.3, 0.4) is 0 Å². The highest BCUT2D eigenvalue weighted by Crippen LogP contribution is 2.38. The van der Waals surface area contributed by atoms with Gasteiger partial charge in [0, 0.05) is 23.3 Å². The number of pyridine rings is 1. The molecule has 2 N–H and O–H groups in total. The average Bonchev–Trinajstić information content (AvgIpc) is 3.79. The second kappa shape index (κ2) is 8.26. The fourth-order valence-electron chi connectivity index (χ4n) is 3.96. The minimum Gasteiger partial charge on any atom is -0.381 e. The van der Waals surface area contributed by atoms with Crippen LogP contribution >= 0.6 is 11.6 Å². The van der Waals surface area contributed by atoms with Crippen LogP contribution in [-0.4, -0.2) is 26.0 Å². The Labute approximate surface area is 202 Å². The molecule has 7 nitrogen and oxygen atoms in total. The fraction of sp³-hybridized carbons (Fsp3) is 0.280. The molecule has 0 spiro atoms. The van der Waals surface area contributed by atoms with Gasteiger partial charge in [0.15, 0.2) is 0 Å². The monoisotopic (exact) mass is 474 g/mol. The second-order valence-corrected chi connectivity index (χ2v) is 9.16. The Bertz CT molecular complexity index is 1470. The number of anilines is 2. The summed E-state index contributed by atoms with van der Waals surface area (Å²) in [6, 6.07) is 10.5. The quantitative estimate of drug-likeness (QED) is 0.362. The van der Waals surface area contributed by atoms with Crippen molar-refractivity contribution in [2.24, 2.45) is 0 Å².